The molecule has 2 atom stereocenters. The predicted octanol–water partition coefficient (Wildman–Crippen LogP) is 4.74. The molecule has 1 N–H and O–H groups in total. The van der Waals surface area contributed by atoms with Gasteiger partial charge in [0.15, 0.2) is 11.0 Å². The number of halogens is 1. The normalized spacial score (nSPS) is 13.4. The van der Waals surface area contributed by atoms with E-state index in [2.05, 4.69) is 15.5 Å². The number of carbonyl (C=O) groups is 1. The van der Waals surface area contributed by atoms with Crippen LogP contribution in [0.1, 0.15) is 37.5 Å². The van der Waals surface area contributed by atoms with Crippen molar-refractivity contribution in [3.8, 4) is 5.69 Å². The largest absolute Gasteiger partial charge is 0.459 e. The molecule has 0 fully saturated rings. The fourth-order valence-electron chi connectivity index (χ4n) is 3.41. The number of aromatic nitrogens is 3. The molecule has 9 heteroatoms. The molecule has 7 nitrogen and oxygen atoms in total. The number of fused-ring (bicyclic) bond motifs is 1. The molecule has 2 aromatic carbocycles. The van der Waals surface area contributed by atoms with Gasteiger partial charge < -0.3 is 9.73 Å². The van der Waals surface area contributed by atoms with Gasteiger partial charge >= 0.3 is 0 Å². The van der Waals surface area contributed by atoms with Crippen LogP contribution in [0.3, 0.4) is 0 Å². The van der Waals surface area contributed by atoms with Crippen LogP contribution in [-0.2, 0) is 4.79 Å². The molecule has 2 aromatic heterocycles. The van der Waals surface area contributed by atoms with Gasteiger partial charge in [-0.1, -0.05) is 30.0 Å². The molecule has 0 aliphatic rings. The molecule has 4 rings (SSSR count). The Balaban J connectivity index is 1.49. The summed E-state index contributed by atoms with van der Waals surface area (Å²) in [6.07, 6.45) is 0. The van der Waals surface area contributed by atoms with Crippen LogP contribution in [0, 0.1) is 5.82 Å². The summed E-state index contributed by atoms with van der Waals surface area (Å²) < 4.78 is 21.2. The zero-order chi connectivity index (χ0) is 23.5. The lowest BCUT2D eigenvalue weighted by atomic mass is 10.2. The summed E-state index contributed by atoms with van der Waals surface area (Å²) >= 11 is 1.28. The van der Waals surface area contributed by atoms with Crippen molar-refractivity contribution in [2.75, 3.05) is 19.8 Å². The topological polar surface area (TPSA) is 76.2 Å². The van der Waals surface area contributed by atoms with Crippen LogP contribution in [0.4, 0.5) is 4.39 Å². The molecule has 1 amide bonds. The summed E-state index contributed by atoms with van der Waals surface area (Å²) in [6.45, 7) is 3.90. The average Bonchev–Trinajstić information content (AvgIpc) is 3.42. The van der Waals surface area contributed by atoms with Crippen molar-refractivity contribution >= 4 is 28.6 Å². The molecule has 0 spiro atoms. The van der Waals surface area contributed by atoms with Crippen molar-refractivity contribution in [3.05, 3.63) is 72.0 Å². The minimum absolute atomic E-state index is 0.0289. The van der Waals surface area contributed by atoms with Crippen molar-refractivity contribution in [1.82, 2.24) is 25.0 Å². The number of hydrogen-bond donors (Lipinski definition) is 1. The Bertz CT molecular complexity index is 1220. The number of hydrogen-bond acceptors (Lipinski definition) is 6. The van der Waals surface area contributed by atoms with Crippen LogP contribution in [-0.4, -0.2) is 45.4 Å². The first-order valence-corrected chi connectivity index (χ1v) is 11.6. The molecule has 2 heterocycles. The van der Waals surface area contributed by atoms with E-state index in [1.54, 1.807) is 12.1 Å². The highest BCUT2D eigenvalue weighted by molar-refractivity contribution is 7.99. The Morgan fingerprint density at radius 3 is 2.58 bits per heavy atom. The standard InChI is InChI=1S/C24H26FN5O2S/c1-15(21-13-17-7-5-6-8-20(17)32-21)26-22(31)14-33-24-28-27-23(16(2)29(3)4)30(24)19-11-9-18(25)10-12-19/h5-13,15-16H,14H2,1-4H3,(H,26,31)/t15-,16-/m1/s1. The van der Waals surface area contributed by atoms with Crippen molar-refractivity contribution in [2.24, 2.45) is 0 Å². The average molecular weight is 468 g/mol. The summed E-state index contributed by atoms with van der Waals surface area (Å²) in [5, 5.41) is 13.2. The third-order valence-corrected chi connectivity index (χ3v) is 6.40. The maximum atomic E-state index is 13.5. The van der Waals surface area contributed by atoms with E-state index in [1.165, 1.54) is 23.9 Å². The SMILES string of the molecule is C[C@H](c1nnc(SCC(=O)N[C@H](C)c2cc3ccccc3o2)n1-c1ccc(F)cc1)N(C)C. The van der Waals surface area contributed by atoms with Crippen molar-refractivity contribution in [3.63, 3.8) is 0 Å². The van der Waals surface area contributed by atoms with Gasteiger partial charge in [-0.3, -0.25) is 14.3 Å². The molecule has 33 heavy (non-hydrogen) atoms. The molecule has 0 bridgehead atoms. The molecule has 0 aliphatic carbocycles. The van der Waals surface area contributed by atoms with Crippen LogP contribution in [0.2, 0.25) is 0 Å². The van der Waals surface area contributed by atoms with E-state index in [0.717, 1.165) is 16.7 Å². The van der Waals surface area contributed by atoms with E-state index in [1.807, 2.05) is 67.7 Å². The first-order valence-electron chi connectivity index (χ1n) is 10.6. The van der Waals surface area contributed by atoms with Crippen LogP contribution in [0.5, 0.6) is 0 Å². The van der Waals surface area contributed by atoms with Crippen LogP contribution < -0.4 is 5.32 Å². The molecule has 0 radical (unpaired) electrons. The Morgan fingerprint density at radius 1 is 1.15 bits per heavy atom. The minimum atomic E-state index is -0.317. The summed E-state index contributed by atoms with van der Waals surface area (Å²) in [6, 6.07) is 15.5. The van der Waals surface area contributed by atoms with E-state index in [-0.39, 0.29) is 29.6 Å². The first kappa shape index (κ1) is 23.0. The van der Waals surface area contributed by atoms with Crippen LogP contribution in [0.25, 0.3) is 16.7 Å². The number of benzene rings is 2. The van der Waals surface area contributed by atoms with Gasteiger partial charge in [0.2, 0.25) is 5.91 Å². The van der Waals surface area contributed by atoms with E-state index in [0.29, 0.717) is 16.7 Å². The molecule has 0 unspecified atom stereocenters. The minimum Gasteiger partial charge on any atom is -0.459 e. The number of carbonyl (C=O) groups excluding carboxylic acids is 1. The molecule has 4 aromatic rings. The Kier molecular flexibility index (Phi) is 6.80. The Labute approximate surface area is 196 Å². The maximum Gasteiger partial charge on any atom is 0.231 e. The Morgan fingerprint density at radius 2 is 1.88 bits per heavy atom. The second kappa shape index (κ2) is 9.76. The van der Waals surface area contributed by atoms with Crippen molar-refractivity contribution in [1.29, 1.82) is 0 Å². The number of thioether (sulfide) groups is 1. The van der Waals surface area contributed by atoms with Gasteiger partial charge in [0.25, 0.3) is 0 Å². The Hall–Kier alpha value is -3.17. The highest BCUT2D eigenvalue weighted by atomic mass is 32.2. The molecule has 0 saturated heterocycles. The van der Waals surface area contributed by atoms with Crippen molar-refractivity contribution in [2.45, 2.75) is 31.1 Å². The quantitative estimate of drug-likeness (QED) is 0.377. The molecule has 0 aliphatic heterocycles. The highest BCUT2D eigenvalue weighted by Gasteiger charge is 2.22. The van der Waals surface area contributed by atoms with Gasteiger partial charge in [-0.2, -0.15) is 0 Å². The molecule has 172 valence electrons. The van der Waals surface area contributed by atoms with E-state index in [4.69, 9.17) is 4.42 Å². The van der Waals surface area contributed by atoms with Gasteiger partial charge in [-0.25, -0.2) is 4.39 Å². The molecular formula is C24H26FN5O2S. The summed E-state index contributed by atoms with van der Waals surface area (Å²) in [5.41, 5.74) is 1.53. The van der Waals surface area contributed by atoms with Crippen molar-refractivity contribution < 1.29 is 13.6 Å². The van der Waals surface area contributed by atoms with E-state index in [9.17, 15) is 9.18 Å². The summed E-state index contributed by atoms with van der Waals surface area (Å²) in [4.78, 5) is 14.7. The van der Waals surface area contributed by atoms with Gasteiger partial charge in [0, 0.05) is 11.1 Å². The zero-order valence-corrected chi connectivity index (χ0v) is 19.8. The lowest BCUT2D eigenvalue weighted by Gasteiger charge is -2.20. The monoisotopic (exact) mass is 467 g/mol. The van der Waals surface area contributed by atoms with Gasteiger partial charge in [0.05, 0.1) is 17.8 Å². The molecular weight excluding hydrogens is 441 g/mol. The van der Waals surface area contributed by atoms with Crippen LogP contribution in [0.15, 0.2) is 64.2 Å². The number of nitrogens with one attached hydrogen (secondary N) is 1. The molecule has 0 saturated carbocycles. The van der Waals surface area contributed by atoms with E-state index >= 15 is 0 Å². The number of amides is 1. The van der Waals surface area contributed by atoms with Gasteiger partial charge in [-0.05, 0) is 64.3 Å². The second-order valence-electron chi connectivity index (χ2n) is 8.06. The third-order valence-electron chi connectivity index (χ3n) is 5.47. The second-order valence-corrected chi connectivity index (χ2v) is 9.00. The lowest BCUT2D eigenvalue weighted by molar-refractivity contribution is -0.119. The third kappa shape index (κ3) is 5.09. The number of para-hydroxylation sites is 1. The number of nitrogens with zero attached hydrogens (tertiary/aromatic N) is 4. The smallest absolute Gasteiger partial charge is 0.231 e. The summed E-state index contributed by atoms with van der Waals surface area (Å²) in [5.74, 6) is 1.10. The zero-order valence-electron chi connectivity index (χ0n) is 18.9. The lowest BCUT2D eigenvalue weighted by Crippen LogP contribution is -2.28. The summed E-state index contributed by atoms with van der Waals surface area (Å²) in [7, 11) is 3.90. The number of furan rings is 1. The van der Waals surface area contributed by atoms with Gasteiger partial charge in [-0.15, -0.1) is 10.2 Å². The van der Waals surface area contributed by atoms with E-state index < -0.39 is 0 Å². The predicted molar refractivity (Wildman–Crippen MR) is 127 cm³/mol. The first-order chi connectivity index (χ1) is 15.8. The number of rotatable bonds is 8. The van der Waals surface area contributed by atoms with Gasteiger partial charge in [0.1, 0.15) is 17.2 Å². The fourth-order valence-corrected chi connectivity index (χ4v) is 4.18. The maximum absolute atomic E-state index is 13.5. The highest BCUT2D eigenvalue weighted by Crippen LogP contribution is 2.27. The van der Waals surface area contributed by atoms with Crippen LogP contribution >= 0.6 is 11.8 Å². The fraction of sp³-hybridized carbons (Fsp3) is 0.292.